The maximum atomic E-state index is 13.6. The number of nitrogens with two attached hydrogens (primary N) is 1. The smallest absolute Gasteiger partial charge is 0.167 e. The quantitative estimate of drug-likeness (QED) is 0.852. The second-order valence-corrected chi connectivity index (χ2v) is 4.42. The van der Waals surface area contributed by atoms with Crippen molar-refractivity contribution < 1.29 is 9.13 Å². The van der Waals surface area contributed by atoms with Crippen LogP contribution < -0.4 is 15.4 Å². The molecule has 5 heteroatoms. The Kier molecular flexibility index (Phi) is 4.40. The summed E-state index contributed by atoms with van der Waals surface area (Å²) in [6.45, 7) is 3.45. The molecule has 0 bridgehead atoms. The van der Waals surface area contributed by atoms with E-state index >= 15 is 0 Å². The van der Waals surface area contributed by atoms with Crippen molar-refractivity contribution in [1.82, 2.24) is 4.98 Å². The Bertz CT molecular complexity index is 575. The second-order valence-electron chi connectivity index (χ2n) is 4.42. The van der Waals surface area contributed by atoms with Crippen LogP contribution in [0.5, 0.6) is 5.75 Å². The van der Waals surface area contributed by atoms with Crippen LogP contribution >= 0.6 is 0 Å². The van der Waals surface area contributed by atoms with Crippen LogP contribution in [-0.2, 0) is 6.54 Å². The lowest BCUT2D eigenvalue weighted by atomic mass is 10.2. The summed E-state index contributed by atoms with van der Waals surface area (Å²) in [6.07, 6.45) is 3.50. The van der Waals surface area contributed by atoms with Crippen LogP contribution in [0.1, 0.15) is 12.5 Å². The number of hydrogen-bond acceptors (Lipinski definition) is 4. The molecule has 0 amide bonds. The van der Waals surface area contributed by atoms with Crippen LogP contribution in [0.2, 0.25) is 0 Å². The first-order valence-corrected chi connectivity index (χ1v) is 6.42. The van der Waals surface area contributed by atoms with Crippen LogP contribution in [0.25, 0.3) is 0 Å². The summed E-state index contributed by atoms with van der Waals surface area (Å²) in [5.41, 5.74) is 8.21. The van der Waals surface area contributed by atoms with E-state index in [1.54, 1.807) is 18.5 Å². The largest absolute Gasteiger partial charge is 0.494 e. The number of anilines is 2. The fraction of sp³-hybridized carbons (Fsp3) is 0.267. The minimum Gasteiger partial charge on any atom is -0.494 e. The highest BCUT2D eigenvalue weighted by molar-refractivity contribution is 5.70. The van der Waals surface area contributed by atoms with Gasteiger partial charge in [0.2, 0.25) is 0 Å². The maximum absolute atomic E-state index is 13.6. The molecule has 2 N–H and O–H groups in total. The van der Waals surface area contributed by atoms with E-state index < -0.39 is 5.82 Å². The van der Waals surface area contributed by atoms with Crippen LogP contribution in [0.4, 0.5) is 15.8 Å². The third kappa shape index (κ3) is 2.99. The van der Waals surface area contributed by atoms with Crippen LogP contribution in [0.15, 0.2) is 36.7 Å². The van der Waals surface area contributed by atoms with Gasteiger partial charge in [0.15, 0.2) is 11.6 Å². The van der Waals surface area contributed by atoms with Gasteiger partial charge in [-0.2, -0.15) is 0 Å². The Morgan fingerprint density at radius 3 is 2.60 bits per heavy atom. The van der Waals surface area contributed by atoms with Gasteiger partial charge < -0.3 is 15.4 Å². The molecule has 0 aliphatic carbocycles. The van der Waals surface area contributed by atoms with Crippen molar-refractivity contribution in [3.8, 4) is 5.75 Å². The van der Waals surface area contributed by atoms with Gasteiger partial charge in [0.05, 0.1) is 18.5 Å². The first-order valence-electron chi connectivity index (χ1n) is 6.42. The number of nitrogen functional groups attached to an aromatic ring is 1. The van der Waals surface area contributed by atoms with Gasteiger partial charge in [0.1, 0.15) is 0 Å². The fourth-order valence-corrected chi connectivity index (χ4v) is 2.06. The molecule has 0 radical (unpaired) electrons. The first kappa shape index (κ1) is 14.1. The average Bonchev–Trinajstić information content (AvgIpc) is 2.46. The number of rotatable bonds is 5. The van der Waals surface area contributed by atoms with Gasteiger partial charge in [-0.05, 0) is 24.6 Å². The van der Waals surface area contributed by atoms with Crippen molar-refractivity contribution in [3.63, 3.8) is 0 Å². The predicted octanol–water partition coefficient (Wildman–Crippen LogP) is 2.84. The summed E-state index contributed by atoms with van der Waals surface area (Å²) in [6, 6.07) is 6.82. The Balaban J connectivity index is 2.32. The molecule has 0 atom stereocenters. The lowest BCUT2D eigenvalue weighted by Crippen LogP contribution is -2.23. The van der Waals surface area contributed by atoms with Crippen molar-refractivity contribution in [3.05, 3.63) is 48.0 Å². The number of ether oxygens (including phenoxy) is 1. The summed E-state index contributed by atoms with van der Waals surface area (Å²) in [7, 11) is 1.44. The monoisotopic (exact) mass is 275 g/mol. The van der Waals surface area contributed by atoms with E-state index in [1.165, 1.54) is 13.2 Å². The van der Waals surface area contributed by atoms with Gasteiger partial charge in [0, 0.05) is 37.6 Å². The van der Waals surface area contributed by atoms with E-state index in [1.807, 2.05) is 19.1 Å². The van der Waals surface area contributed by atoms with Gasteiger partial charge in [-0.1, -0.05) is 0 Å². The minimum atomic E-state index is -0.450. The van der Waals surface area contributed by atoms with Crippen molar-refractivity contribution in [2.24, 2.45) is 0 Å². The van der Waals surface area contributed by atoms with Crippen LogP contribution in [-0.4, -0.2) is 18.6 Å². The molecule has 20 heavy (non-hydrogen) atoms. The number of hydrogen-bond donors (Lipinski definition) is 1. The SMILES string of the molecule is CCN(Cc1ccncc1)c1cc(OC)c(F)cc1N. The van der Waals surface area contributed by atoms with Gasteiger partial charge in [-0.15, -0.1) is 0 Å². The number of aromatic nitrogens is 1. The van der Waals surface area contributed by atoms with Gasteiger partial charge in [-0.3, -0.25) is 4.98 Å². The summed E-state index contributed by atoms with van der Waals surface area (Å²) >= 11 is 0. The van der Waals surface area contributed by atoms with Gasteiger partial charge >= 0.3 is 0 Å². The predicted molar refractivity (Wildman–Crippen MR) is 78.3 cm³/mol. The molecule has 2 aromatic rings. The van der Waals surface area contributed by atoms with E-state index in [0.29, 0.717) is 12.2 Å². The molecular weight excluding hydrogens is 257 g/mol. The second kappa shape index (κ2) is 6.23. The Morgan fingerprint density at radius 2 is 2.00 bits per heavy atom. The molecule has 4 nitrogen and oxygen atoms in total. The number of benzene rings is 1. The molecule has 0 spiro atoms. The Labute approximate surface area is 118 Å². The topological polar surface area (TPSA) is 51.4 Å². The van der Waals surface area contributed by atoms with Crippen molar-refractivity contribution >= 4 is 11.4 Å². The van der Waals surface area contributed by atoms with E-state index in [-0.39, 0.29) is 5.75 Å². The number of nitrogens with zero attached hydrogens (tertiary/aromatic N) is 2. The Hall–Kier alpha value is -2.30. The highest BCUT2D eigenvalue weighted by Crippen LogP contribution is 2.31. The molecule has 1 aromatic carbocycles. The standard InChI is InChI=1S/C15H18FN3O/c1-3-19(10-11-4-6-18-7-5-11)14-9-15(20-2)12(16)8-13(14)17/h4-9H,3,10,17H2,1-2H3. The number of methoxy groups -OCH3 is 1. The zero-order valence-corrected chi connectivity index (χ0v) is 11.6. The van der Waals surface area contributed by atoms with Crippen molar-refractivity contribution in [2.45, 2.75) is 13.5 Å². The molecule has 0 saturated carbocycles. The summed E-state index contributed by atoms with van der Waals surface area (Å²) < 4.78 is 18.6. The Morgan fingerprint density at radius 1 is 1.30 bits per heavy atom. The molecular formula is C15H18FN3O. The van der Waals surface area contributed by atoms with Crippen molar-refractivity contribution in [2.75, 3.05) is 24.3 Å². The molecule has 0 fully saturated rings. The molecule has 1 heterocycles. The highest BCUT2D eigenvalue weighted by atomic mass is 19.1. The van der Waals surface area contributed by atoms with Crippen molar-refractivity contribution in [1.29, 1.82) is 0 Å². The fourth-order valence-electron chi connectivity index (χ4n) is 2.06. The molecule has 0 aliphatic rings. The van der Waals surface area contributed by atoms with E-state index in [0.717, 1.165) is 17.8 Å². The molecule has 2 rings (SSSR count). The van der Waals surface area contributed by atoms with Crippen LogP contribution in [0.3, 0.4) is 0 Å². The number of halogens is 1. The number of pyridine rings is 1. The lowest BCUT2D eigenvalue weighted by molar-refractivity contribution is 0.386. The summed E-state index contributed by atoms with van der Waals surface area (Å²) in [5, 5.41) is 0. The van der Waals surface area contributed by atoms with Crippen LogP contribution in [0, 0.1) is 5.82 Å². The van der Waals surface area contributed by atoms with E-state index in [4.69, 9.17) is 10.5 Å². The third-order valence-corrected chi connectivity index (χ3v) is 3.15. The maximum Gasteiger partial charge on any atom is 0.167 e. The lowest BCUT2D eigenvalue weighted by Gasteiger charge is -2.25. The summed E-state index contributed by atoms with van der Waals surface area (Å²) in [5.74, 6) is -0.254. The highest BCUT2D eigenvalue weighted by Gasteiger charge is 2.13. The average molecular weight is 275 g/mol. The molecule has 0 unspecified atom stereocenters. The zero-order chi connectivity index (χ0) is 14.5. The third-order valence-electron chi connectivity index (χ3n) is 3.15. The molecule has 106 valence electrons. The zero-order valence-electron chi connectivity index (χ0n) is 11.6. The summed E-state index contributed by atoms with van der Waals surface area (Å²) in [4.78, 5) is 6.06. The van der Waals surface area contributed by atoms with E-state index in [2.05, 4.69) is 9.88 Å². The first-order chi connectivity index (χ1) is 9.65. The molecule has 1 aromatic heterocycles. The normalized spacial score (nSPS) is 10.3. The molecule has 0 saturated heterocycles. The van der Waals surface area contributed by atoms with E-state index in [9.17, 15) is 4.39 Å². The van der Waals surface area contributed by atoms with Gasteiger partial charge in [0.25, 0.3) is 0 Å². The molecule has 0 aliphatic heterocycles. The van der Waals surface area contributed by atoms with Gasteiger partial charge in [-0.25, -0.2) is 4.39 Å². The minimum absolute atomic E-state index is 0.197.